The molecule has 0 saturated carbocycles. The van der Waals surface area contributed by atoms with Crippen molar-refractivity contribution < 1.29 is 0 Å². The molecular formula is C15H18BrNS. The molecule has 18 heavy (non-hydrogen) atoms. The Morgan fingerprint density at radius 3 is 2.28 bits per heavy atom. The highest BCUT2D eigenvalue weighted by atomic mass is 79.9. The number of hydrogen-bond acceptors (Lipinski definition) is 2. The zero-order valence-corrected chi connectivity index (χ0v) is 13.6. The van der Waals surface area contributed by atoms with Gasteiger partial charge in [-0.2, -0.15) is 0 Å². The van der Waals surface area contributed by atoms with Gasteiger partial charge in [0, 0.05) is 14.7 Å². The Labute approximate surface area is 121 Å². The molecule has 1 N–H and O–H groups in total. The summed E-state index contributed by atoms with van der Waals surface area (Å²) in [6.07, 6.45) is 0. The summed E-state index contributed by atoms with van der Waals surface area (Å²) >= 11 is 5.32. The molecule has 0 bridgehead atoms. The molecule has 0 spiro atoms. The van der Waals surface area contributed by atoms with Gasteiger partial charge in [-0.1, -0.05) is 12.1 Å². The molecule has 1 atom stereocenters. The Bertz CT molecular complexity index is 560. The molecule has 0 amide bonds. The minimum atomic E-state index is 0.278. The van der Waals surface area contributed by atoms with Gasteiger partial charge in [0.2, 0.25) is 0 Å². The lowest BCUT2D eigenvalue weighted by molar-refractivity contribution is 0.698. The van der Waals surface area contributed by atoms with Gasteiger partial charge < -0.3 is 5.32 Å². The highest BCUT2D eigenvalue weighted by Crippen LogP contribution is 2.32. The largest absolute Gasteiger partial charge is 0.309 e. The van der Waals surface area contributed by atoms with Crippen molar-refractivity contribution in [3.05, 3.63) is 55.2 Å². The van der Waals surface area contributed by atoms with Gasteiger partial charge in [0.15, 0.2) is 0 Å². The molecule has 1 aromatic heterocycles. The second-order valence-electron chi connectivity index (χ2n) is 4.68. The molecule has 1 unspecified atom stereocenters. The molecule has 0 aliphatic heterocycles. The Morgan fingerprint density at radius 2 is 1.72 bits per heavy atom. The molecule has 0 saturated heterocycles. The molecule has 1 heterocycles. The van der Waals surface area contributed by atoms with E-state index >= 15 is 0 Å². The second-order valence-corrected chi connectivity index (χ2v) is 6.54. The molecule has 2 aromatic rings. The average molecular weight is 324 g/mol. The Balaban J connectivity index is 2.48. The third-order valence-corrected chi connectivity index (χ3v) is 5.11. The zero-order valence-electron chi connectivity index (χ0n) is 11.2. The molecule has 1 aromatic carbocycles. The summed E-state index contributed by atoms with van der Waals surface area (Å²) in [5.74, 6) is 0. The molecule has 0 aliphatic rings. The number of aryl methyl sites for hydroxylation is 3. The Morgan fingerprint density at radius 1 is 1.06 bits per heavy atom. The van der Waals surface area contributed by atoms with E-state index in [0.717, 1.165) is 4.47 Å². The highest BCUT2D eigenvalue weighted by Gasteiger charge is 2.16. The standard InChI is InChI=1S/C15H18BrNS/c1-9-5-11(3)13(6-10(9)2)15(17-4)14-7-12(16)8-18-14/h5-8,15,17H,1-4H3. The van der Waals surface area contributed by atoms with E-state index in [1.807, 2.05) is 7.05 Å². The maximum absolute atomic E-state index is 3.53. The van der Waals surface area contributed by atoms with Crippen LogP contribution in [0.3, 0.4) is 0 Å². The van der Waals surface area contributed by atoms with Crippen molar-refractivity contribution in [1.29, 1.82) is 0 Å². The summed E-state index contributed by atoms with van der Waals surface area (Å²) in [5, 5.41) is 5.56. The summed E-state index contributed by atoms with van der Waals surface area (Å²) in [4.78, 5) is 1.34. The molecule has 0 aliphatic carbocycles. The van der Waals surface area contributed by atoms with Crippen molar-refractivity contribution in [2.45, 2.75) is 26.8 Å². The van der Waals surface area contributed by atoms with E-state index < -0.39 is 0 Å². The Hall–Kier alpha value is -0.640. The number of hydrogen-bond donors (Lipinski definition) is 1. The minimum absolute atomic E-state index is 0.278. The zero-order chi connectivity index (χ0) is 13.3. The number of rotatable bonds is 3. The van der Waals surface area contributed by atoms with Crippen molar-refractivity contribution in [3.8, 4) is 0 Å². The van der Waals surface area contributed by atoms with E-state index in [2.05, 4.69) is 65.6 Å². The third kappa shape index (κ3) is 2.68. The van der Waals surface area contributed by atoms with Crippen LogP contribution in [0.4, 0.5) is 0 Å². The van der Waals surface area contributed by atoms with Crippen LogP contribution in [0.15, 0.2) is 28.1 Å². The molecule has 3 heteroatoms. The van der Waals surface area contributed by atoms with Crippen LogP contribution in [0.2, 0.25) is 0 Å². The normalized spacial score (nSPS) is 12.7. The van der Waals surface area contributed by atoms with Gasteiger partial charge in [-0.05, 0) is 72.1 Å². The maximum atomic E-state index is 3.53. The minimum Gasteiger partial charge on any atom is -0.309 e. The molecule has 0 fully saturated rings. The molecule has 0 radical (unpaired) electrons. The number of benzene rings is 1. The fourth-order valence-corrected chi connectivity index (χ4v) is 3.80. The van der Waals surface area contributed by atoms with Crippen LogP contribution in [-0.4, -0.2) is 7.05 Å². The van der Waals surface area contributed by atoms with Gasteiger partial charge >= 0.3 is 0 Å². The molecule has 2 rings (SSSR count). The molecule has 1 nitrogen and oxygen atoms in total. The summed E-state index contributed by atoms with van der Waals surface area (Å²) in [5.41, 5.74) is 5.43. The summed E-state index contributed by atoms with van der Waals surface area (Å²) in [7, 11) is 2.02. The van der Waals surface area contributed by atoms with E-state index in [1.165, 1.54) is 27.1 Å². The Kier molecular flexibility index (Phi) is 4.25. The molecule has 96 valence electrons. The van der Waals surface area contributed by atoms with Crippen LogP contribution >= 0.6 is 27.3 Å². The predicted octanol–water partition coefficient (Wildman–Crippen LogP) is 4.74. The fourth-order valence-electron chi connectivity index (χ4n) is 2.22. The van der Waals surface area contributed by atoms with Crippen molar-refractivity contribution >= 4 is 27.3 Å². The summed E-state index contributed by atoms with van der Waals surface area (Å²) < 4.78 is 1.16. The lowest BCUT2D eigenvalue weighted by Gasteiger charge is -2.19. The topological polar surface area (TPSA) is 12.0 Å². The van der Waals surface area contributed by atoms with Gasteiger partial charge in [-0.3, -0.25) is 0 Å². The van der Waals surface area contributed by atoms with Gasteiger partial charge in [0.1, 0.15) is 0 Å². The SMILES string of the molecule is CNC(c1cc(Br)cs1)c1cc(C)c(C)cc1C. The van der Waals surface area contributed by atoms with Gasteiger partial charge in [-0.15, -0.1) is 11.3 Å². The summed E-state index contributed by atoms with van der Waals surface area (Å²) in [6.45, 7) is 6.53. The maximum Gasteiger partial charge on any atom is 0.0671 e. The van der Waals surface area contributed by atoms with E-state index in [0.29, 0.717) is 0 Å². The first-order chi connectivity index (χ1) is 8.52. The van der Waals surface area contributed by atoms with Gasteiger partial charge in [0.05, 0.1) is 6.04 Å². The van der Waals surface area contributed by atoms with Crippen LogP contribution in [-0.2, 0) is 0 Å². The van der Waals surface area contributed by atoms with Crippen LogP contribution < -0.4 is 5.32 Å². The van der Waals surface area contributed by atoms with Crippen LogP contribution in [0.1, 0.15) is 33.2 Å². The first kappa shape index (κ1) is 13.8. The number of thiophene rings is 1. The van der Waals surface area contributed by atoms with Crippen molar-refractivity contribution in [1.82, 2.24) is 5.32 Å². The predicted molar refractivity (Wildman–Crippen MR) is 83.6 cm³/mol. The van der Waals surface area contributed by atoms with Crippen molar-refractivity contribution in [2.75, 3.05) is 7.05 Å². The summed E-state index contributed by atoms with van der Waals surface area (Å²) in [6, 6.07) is 7.05. The highest BCUT2D eigenvalue weighted by molar-refractivity contribution is 9.10. The van der Waals surface area contributed by atoms with Crippen LogP contribution in [0, 0.1) is 20.8 Å². The van der Waals surface area contributed by atoms with Crippen molar-refractivity contribution in [2.24, 2.45) is 0 Å². The lowest BCUT2D eigenvalue weighted by Crippen LogP contribution is -2.18. The number of nitrogens with one attached hydrogen (secondary N) is 1. The smallest absolute Gasteiger partial charge is 0.0671 e. The van der Waals surface area contributed by atoms with Gasteiger partial charge in [-0.25, -0.2) is 0 Å². The van der Waals surface area contributed by atoms with E-state index in [4.69, 9.17) is 0 Å². The monoisotopic (exact) mass is 323 g/mol. The van der Waals surface area contributed by atoms with Crippen LogP contribution in [0.25, 0.3) is 0 Å². The average Bonchev–Trinajstić information content (AvgIpc) is 2.73. The van der Waals surface area contributed by atoms with Crippen LogP contribution in [0.5, 0.6) is 0 Å². The first-order valence-corrected chi connectivity index (χ1v) is 7.69. The fraction of sp³-hybridized carbons (Fsp3) is 0.333. The van der Waals surface area contributed by atoms with Gasteiger partial charge in [0.25, 0.3) is 0 Å². The van der Waals surface area contributed by atoms with E-state index in [9.17, 15) is 0 Å². The quantitative estimate of drug-likeness (QED) is 0.859. The third-order valence-electron chi connectivity index (χ3n) is 3.35. The second kappa shape index (κ2) is 5.55. The van der Waals surface area contributed by atoms with Crippen molar-refractivity contribution in [3.63, 3.8) is 0 Å². The van der Waals surface area contributed by atoms with E-state index in [-0.39, 0.29) is 6.04 Å². The number of halogens is 1. The molecular weight excluding hydrogens is 306 g/mol. The lowest BCUT2D eigenvalue weighted by atomic mass is 9.95. The first-order valence-electron chi connectivity index (χ1n) is 6.02. The van der Waals surface area contributed by atoms with E-state index in [1.54, 1.807) is 11.3 Å².